The smallest absolute Gasteiger partial charge is 0.137 e. The zero-order chi connectivity index (χ0) is 13.8. The molecule has 0 amide bonds. The first-order chi connectivity index (χ1) is 9.13. The molecule has 1 atom stereocenters. The number of benzene rings is 1. The number of rotatable bonds is 4. The topological polar surface area (TPSA) is 38.9 Å². The van der Waals surface area contributed by atoms with Crippen molar-refractivity contribution in [3.63, 3.8) is 0 Å². The van der Waals surface area contributed by atoms with E-state index in [-0.39, 0.29) is 11.9 Å². The number of hydrogen-bond acceptors (Lipinski definition) is 2. The zero-order valence-corrected chi connectivity index (χ0v) is 12.3. The molecule has 2 nitrogen and oxygen atoms in total. The van der Waals surface area contributed by atoms with E-state index >= 15 is 0 Å². The van der Waals surface area contributed by atoms with Gasteiger partial charge < -0.3 is 5.73 Å². The van der Waals surface area contributed by atoms with E-state index in [0.29, 0.717) is 10.9 Å². The summed E-state index contributed by atoms with van der Waals surface area (Å²) in [5.74, 6) is -0.263. The number of aromatic nitrogens is 1. The van der Waals surface area contributed by atoms with Crippen LogP contribution in [0.1, 0.15) is 29.8 Å². The van der Waals surface area contributed by atoms with Gasteiger partial charge in [-0.3, -0.25) is 4.98 Å². The van der Waals surface area contributed by atoms with E-state index in [9.17, 15) is 4.39 Å². The highest BCUT2D eigenvalue weighted by atomic mass is 79.9. The number of halogens is 2. The van der Waals surface area contributed by atoms with Gasteiger partial charge in [0.1, 0.15) is 5.82 Å². The molecule has 2 rings (SSSR count). The fraction of sp³-hybridized carbons (Fsp3) is 0.267. The third-order valence-electron chi connectivity index (χ3n) is 3.13. The SMILES string of the molecule is CCc1cccnc1C(N)Cc1cccc(F)c1Br. The standard InChI is InChI=1S/C15H16BrFN2/c1-2-10-6-4-8-19-15(10)13(18)9-11-5-3-7-12(17)14(11)16/h3-8,13H,2,9,18H2,1H3. The molecule has 0 spiro atoms. The summed E-state index contributed by atoms with van der Waals surface area (Å²) in [4.78, 5) is 4.36. The van der Waals surface area contributed by atoms with Crippen LogP contribution in [0.3, 0.4) is 0 Å². The Kier molecular flexibility index (Phi) is 4.66. The van der Waals surface area contributed by atoms with E-state index in [1.54, 1.807) is 12.3 Å². The van der Waals surface area contributed by atoms with Crippen molar-refractivity contribution in [2.24, 2.45) is 5.73 Å². The van der Waals surface area contributed by atoms with E-state index in [1.165, 1.54) is 6.07 Å². The number of nitrogens with zero attached hydrogens (tertiary/aromatic N) is 1. The Morgan fingerprint density at radius 2 is 2.00 bits per heavy atom. The Hall–Kier alpha value is -1.26. The molecule has 2 aromatic rings. The molecule has 0 bridgehead atoms. The molecule has 1 unspecified atom stereocenters. The Morgan fingerprint density at radius 1 is 1.26 bits per heavy atom. The van der Waals surface area contributed by atoms with Gasteiger partial charge in [-0.15, -0.1) is 0 Å². The number of aryl methyl sites for hydroxylation is 1. The quantitative estimate of drug-likeness (QED) is 0.930. The van der Waals surface area contributed by atoms with Gasteiger partial charge in [0.15, 0.2) is 0 Å². The van der Waals surface area contributed by atoms with Crippen LogP contribution in [0.4, 0.5) is 4.39 Å². The first-order valence-corrected chi connectivity index (χ1v) is 7.05. The summed E-state index contributed by atoms with van der Waals surface area (Å²) in [7, 11) is 0. The van der Waals surface area contributed by atoms with Crippen molar-refractivity contribution in [2.75, 3.05) is 0 Å². The maximum absolute atomic E-state index is 13.5. The van der Waals surface area contributed by atoms with Crippen LogP contribution in [0.5, 0.6) is 0 Å². The molecule has 0 aliphatic rings. The van der Waals surface area contributed by atoms with Gasteiger partial charge in [-0.2, -0.15) is 0 Å². The molecular weight excluding hydrogens is 307 g/mol. The molecule has 0 aliphatic heterocycles. The highest BCUT2D eigenvalue weighted by Gasteiger charge is 2.14. The first-order valence-electron chi connectivity index (χ1n) is 6.25. The summed E-state index contributed by atoms with van der Waals surface area (Å²) in [5, 5.41) is 0. The minimum atomic E-state index is -0.263. The average molecular weight is 323 g/mol. The maximum atomic E-state index is 13.5. The van der Waals surface area contributed by atoms with Gasteiger partial charge in [0.05, 0.1) is 16.2 Å². The largest absolute Gasteiger partial charge is 0.322 e. The van der Waals surface area contributed by atoms with Crippen molar-refractivity contribution in [2.45, 2.75) is 25.8 Å². The maximum Gasteiger partial charge on any atom is 0.137 e. The normalized spacial score (nSPS) is 12.4. The molecule has 100 valence electrons. The van der Waals surface area contributed by atoms with E-state index in [4.69, 9.17) is 5.73 Å². The average Bonchev–Trinajstić information content (AvgIpc) is 2.43. The highest BCUT2D eigenvalue weighted by molar-refractivity contribution is 9.10. The van der Waals surface area contributed by atoms with Gasteiger partial charge in [-0.1, -0.05) is 25.1 Å². The third kappa shape index (κ3) is 3.19. The summed E-state index contributed by atoms with van der Waals surface area (Å²) in [6.07, 6.45) is 3.19. The molecule has 0 saturated heterocycles. The summed E-state index contributed by atoms with van der Waals surface area (Å²) in [6.45, 7) is 2.07. The van der Waals surface area contributed by atoms with E-state index in [1.807, 2.05) is 18.2 Å². The van der Waals surface area contributed by atoms with Gasteiger partial charge in [-0.05, 0) is 52.0 Å². The minimum absolute atomic E-state index is 0.228. The lowest BCUT2D eigenvalue weighted by Gasteiger charge is -2.15. The zero-order valence-electron chi connectivity index (χ0n) is 10.7. The van der Waals surface area contributed by atoms with Gasteiger partial charge in [0.25, 0.3) is 0 Å². The summed E-state index contributed by atoms with van der Waals surface area (Å²) in [5.41, 5.74) is 9.11. The Morgan fingerprint density at radius 3 is 2.74 bits per heavy atom. The predicted octanol–water partition coefficient (Wildman–Crippen LogP) is 3.79. The van der Waals surface area contributed by atoms with Crippen LogP contribution in [0.15, 0.2) is 41.0 Å². The number of nitrogens with two attached hydrogens (primary N) is 1. The van der Waals surface area contributed by atoms with Crippen molar-refractivity contribution in [3.8, 4) is 0 Å². The lowest BCUT2D eigenvalue weighted by Crippen LogP contribution is -2.17. The number of pyridine rings is 1. The fourth-order valence-corrected chi connectivity index (χ4v) is 2.55. The Balaban J connectivity index is 2.26. The van der Waals surface area contributed by atoms with Crippen LogP contribution < -0.4 is 5.73 Å². The summed E-state index contributed by atoms with van der Waals surface area (Å²) >= 11 is 3.27. The van der Waals surface area contributed by atoms with Crippen LogP contribution in [-0.4, -0.2) is 4.98 Å². The van der Waals surface area contributed by atoms with Crippen molar-refractivity contribution < 1.29 is 4.39 Å². The van der Waals surface area contributed by atoms with Crippen molar-refractivity contribution in [1.29, 1.82) is 0 Å². The van der Waals surface area contributed by atoms with Crippen molar-refractivity contribution >= 4 is 15.9 Å². The van der Waals surface area contributed by atoms with Gasteiger partial charge in [0, 0.05) is 6.20 Å². The van der Waals surface area contributed by atoms with Crippen LogP contribution >= 0.6 is 15.9 Å². The van der Waals surface area contributed by atoms with E-state index in [0.717, 1.165) is 23.2 Å². The monoisotopic (exact) mass is 322 g/mol. The first kappa shape index (κ1) is 14.2. The second-order valence-electron chi connectivity index (χ2n) is 4.42. The fourth-order valence-electron chi connectivity index (χ4n) is 2.12. The molecule has 0 radical (unpaired) electrons. The Bertz CT molecular complexity index is 572. The van der Waals surface area contributed by atoms with Gasteiger partial charge >= 0.3 is 0 Å². The van der Waals surface area contributed by atoms with Crippen molar-refractivity contribution in [3.05, 3.63) is 63.6 Å². The predicted molar refractivity (Wildman–Crippen MR) is 78.3 cm³/mol. The molecule has 1 heterocycles. The van der Waals surface area contributed by atoms with E-state index < -0.39 is 0 Å². The molecule has 2 N–H and O–H groups in total. The molecule has 1 aromatic heterocycles. The molecule has 4 heteroatoms. The lowest BCUT2D eigenvalue weighted by molar-refractivity contribution is 0.612. The van der Waals surface area contributed by atoms with Crippen LogP contribution in [0.2, 0.25) is 0 Å². The molecule has 0 aliphatic carbocycles. The number of hydrogen-bond donors (Lipinski definition) is 1. The van der Waals surface area contributed by atoms with E-state index in [2.05, 4.69) is 27.8 Å². The van der Waals surface area contributed by atoms with Gasteiger partial charge in [0.2, 0.25) is 0 Å². The second-order valence-corrected chi connectivity index (χ2v) is 5.22. The molecule has 1 aromatic carbocycles. The lowest BCUT2D eigenvalue weighted by atomic mass is 9.99. The van der Waals surface area contributed by atoms with Gasteiger partial charge in [-0.25, -0.2) is 4.39 Å². The third-order valence-corrected chi connectivity index (χ3v) is 4.02. The summed E-state index contributed by atoms with van der Waals surface area (Å²) < 4.78 is 14.0. The molecule has 0 fully saturated rings. The van der Waals surface area contributed by atoms with Crippen LogP contribution in [0.25, 0.3) is 0 Å². The van der Waals surface area contributed by atoms with Crippen LogP contribution in [0, 0.1) is 5.82 Å². The van der Waals surface area contributed by atoms with Crippen LogP contribution in [-0.2, 0) is 12.8 Å². The molecule has 19 heavy (non-hydrogen) atoms. The second kappa shape index (κ2) is 6.26. The molecule has 0 saturated carbocycles. The summed E-state index contributed by atoms with van der Waals surface area (Å²) in [6, 6.07) is 8.71. The minimum Gasteiger partial charge on any atom is -0.322 e. The Labute approximate surface area is 121 Å². The highest BCUT2D eigenvalue weighted by Crippen LogP contribution is 2.25. The van der Waals surface area contributed by atoms with Crippen molar-refractivity contribution in [1.82, 2.24) is 4.98 Å². The molecular formula is C15H16BrFN2.